The quantitative estimate of drug-likeness (QED) is 0.546. The van der Waals surface area contributed by atoms with Crippen molar-refractivity contribution in [2.45, 2.75) is 53.0 Å². The van der Waals surface area contributed by atoms with Crippen molar-refractivity contribution in [1.29, 1.82) is 0 Å². The van der Waals surface area contributed by atoms with Crippen LogP contribution in [0.1, 0.15) is 40.5 Å². The second-order valence-corrected chi connectivity index (χ2v) is 7.93. The number of carbonyl (C=O) groups is 1. The molecule has 0 aromatic heterocycles. The van der Waals surface area contributed by atoms with Gasteiger partial charge in [0.15, 0.2) is 0 Å². The maximum atomic E-state index is 11.8. The topological polar surface area (TPSA) is 60.5 Å². The summed E-state index contributed by atoms with van der Waals surface area (Å²) in [5, 5.41) is 0. The van der Waals surface area contributed by atoms with Crippen LogP contribution in [0.3, 0.4) is 0 Å². The van der Waals surface area contributed by atoms with E-state index < -0.39 is 6.16 Å². The Kier molecular flexibility index (Phi) is 9.11. The van der Waals surface area contributed by atoms with E-state index in [1.807, 2.05) is 0 Å². The highest BCUT2D eigenvalue weighted by Gasteiger charge is 2.27. The SMILES string of the molecule is CC(C)CC1OCCN1CCOC(=O)OCCN1CCOC1CC(C)C. The maximum absolute atomic E-state index is 11.8. The summed E-state index contributed by atoms with van der Waals surface area (Å²) < 4.78 is 21.9. The standard InChI is InChI=1S/C19H36N2O5/c1-15(2)13-17-20(5-9-23-17)7-11-25-19(22)26-12-8-21-6-10-24-18(21)14-16(3)4/h15-18H,5-14H2,1-4H3. The van der Waals surface area contributed by atoms with Crippen molar-refractivity contribution < 1.29 is 23.7 Å². The van der Waals surface area contributed by atoms with Crippen LogP contribution in [0.4, 0.5) is 4.79 Å². The molecule has 2 unspecified atom stereocenters. The number of carbonyl (C=O) groups excluding carboxylic acids is 1. The van der Waals surface area contributed by atoms with Gasteiger partial charge in [-0.2, -0.15) is 0 Å². The molecule has 2 rings (SSSR count). The van der Waals surface area contributed by atoms with E-state index in [0.717, 1.165) is 39.1 Å². The molecule has 0 aliphatic carbocycles. The summed E-state index contributed by atoms with van der Waals surface area (Å²) >= 11 is 0. The average Bonchev–Trinajstić information content (AvgIpc) is 3.16. The fourth-order valence-electron chi connectivity index (χ4n) is 3.40. The fourth-order valence-corrected chi connectivity index (χ4v) is 3.40. The van der Waals surface area contributed by atoms with E-state index >= 15 is 0 Å². The lowest BCUT2D eigenvalue weighted by molar-refractivity contribution is -0.00725. The van der Waals surface area contributed by atoms with Crippen LogP contribution in [0, 0.1) is 11.8 Å². The van der Waals surface area contributed by atoms with Gasteiger partial charge in [0.05, 0.1) is 13.2 Å². The molecule has 7 nitrogen and oxygen atoms in total. The van der Waals surface area contributed by atoms with Crippen molar-refractivity contribution >= 4 is 6.16 Å². The van der Waals surface area contributed by atoms with Crippen molar-refractivity contribution in [1.82, 2.24) is 9.80 Å². The van der Waals surface area contributed by atoms with Crippen molar-refractivity contribution in [3.05, 3.63) is 0 Å². The number of rotatable bonds is 10. The lowest BCUT2D eigenvalue weighted by Gasteiger charge is -2.24. The minimum Gasteiger partial charge on any atom is -0.433 e. The summed E-state index contributed by atoms with van der Waals surface area (Å²) in [6, 6.07) is 0. The highest BCUT2D eigenvalue weighted by molar-refractivity contribution is 5.59. The third-order valence-electron chi connectivity index (χ3n) is 4.73. The van der Waals surface area contributed by atoms with Crippen LogP contribution >= 0.6 is 0 Å². The molecule has 2 atom stereocenters. The van der Waals surface area contributed by atoms with Crippen LogP contribution in [0.5, 0.6) is 0 Å². The molecule has 152 valence electrons. The molecule has 0 saturated carbocycles. The van der Waals surface area contributed by atoms with E-state index in [1.54, 1.807) is 0 Å². The van der Waals surface area contributed by atoms with E-state index in [9.17, 15) is 4.79 Å². The molecule has 0 spiro atoms. The van der Waals surface area contributed by atoms with Crippen LogP contribution in [-0.2, 0) is 18.9 Å². The molecule has 0 radical (unpaired) electrons. The Hall–Kier alpha value is -0.890. The molecule has 0 N–H and O–H groups in total. The van der Waals surface area contributed by atoms with Crippen molar-refractivity contribution in [2.75, 3.05) is 52.6 Å². The Morgan fingerprint density at radius 2 is 1.31 bits per heavy atom. The lowest BCUT2D eigenvalue weighted by Crippen LogP contribution is -2.35. The summed E-state index contributed by atoms with van der Waals surface area (Å²) in [5.74, 6) is 1.17. The van der Waals surface area contributed by atoms with Gasteiger partial charge in [-0.1, -0.05) is 27.7 Å². The largest absolute Gasteiger partial charge is 0.508 e. The van der Waals surface area contributed by atoms with Crippen LogP contribution in [0.25, 0.3) is 0 Å². The molecule has 2 heterocycles. The zero-order chi connectivity index (χ0) is 18.9. The van der Waals surface area contributed by atoms with Gasteiger partial charge in [0, 0.05) is 26.2 Å². The Labute approximate surface area is 157 Å². The van der Waals surface area contributed by atoms with E-state index in [1.165, 1.54) is 0 Å². The average molecular weight is 373 g/mol. The van der Waals surface area contributed by atoms with E-state index in [0.29, 0.717) is 38.1 Å². The molecular formula is C19H36N2O5. The molecule has 0 aromatic carbocycles. The molecule has 26 heavy (non-hydrogen) atoms. The summed E-state index contributed by atoms with van der Waals surface area (Å²) in [6.07, 6.45) is 1.69. The summed E-state index contributed by atoms with van der Waals surface area (Å²) in [4.78, 5) is 16.2. The molecule has 7 heteroatoms. The van der Waals surface area contributed by atoms with E-state index in [2.05, 4.69) is 37.5 Å². The van der Waals surface area contributed by atoms with Crippen LogP contribution in [0.15, 0.2) is 0 Å². The van der Waals surface area contributed by atoms with Gasteiger partial charge >= 0.3 is 6.16 Å². The first-order valence-electron chi connectivity index (χ1n) is 9.96. The first kappa shape index (κ1) is 21.4. The molecule has 2 aliphatic rings. The van der Waals surface area contributed by atoms with Gasteiger partial charge in [-0.15, -0.1) is 0 Å². The third kappa shape index (κ3) is 7.39. The van der Waals surface area contributed by atoms with Gasteiger partial charge in [-0.05, 0) is 24.7 Å². The van der Waals surface area contributed by atoms with Gasteiger partial charge < -0.3 is 18.9 Å². The minimum atomic E-state index is -0.592. The minimum absolute atomic E-state index is 0.141. The zero-order valence-corrected chi connectivity index (χ0v) is 16.8. The summed E-state index contributed by atoms with van der Waals surface area (Å²) in [5.41, 5.74) is 0. The highest BCUT2D eigenvalue weighted by atomic mass is 16.7. The number of hydrogen-bond acceptors (Lipinski definition) is 7. The Morgan fingerprint density at radius 3 is 1.69 bits per heavy atom. The van der Waals surface area contributed by atoms with Crippen molar-refractivity contribution in [2.24, 2.45) is 11.8 Å². The molecular weight excluding hydrogens is 336 g/mol. The second-order valence-electron chi connectivity index (χ2n) is 7.93. The predicted octanol–water partition coefficient (Wildman–Crippen LogP) is 2.55. The Bertz CT molecular complexity index is 383. The van der Waals surface area contributed by atoms with Gasteiger partial charge in [-0.3, -0.25) is 9.80 Å². The van der Waals surface area contributed by atoms with Gasteiger partial charge in [0.25, 0.3) is 0 Å². The molecule has 2 aliphatic heterocycles. The normalized spacial score (nSPS) is 24.7. The molecule has 0 amide bonds. The number of hydrogen-bond donors (Lipinski definition) is 0. The lowest BCUT2D eigenvalue weighted by atomic mass is 10.1. The number of nitrogens with zero attached hydrogens (tertiary/aromatic N) is 2. The summed E-state index contributed by atoms with van der Waals surface area (Å²) in [7, 11) is 0. The number of ether oxygens (including phenoxy) is 4. The molecule has 2 saturated heterocycles. The van der Waals surface area contributed by atoms with Gasteiger partial charge in [0.2, 0.25) is 0 Å². The third-order valence-corrected chi connectivity index (χ3v) is 4.73. The second kappa shape index (κ2) is 11.1. The smallest absolute Gasteiger partial charge is 0.433 e. The predicted molar refractivity (Wildman–Crippen MR) is 98.8 cm³/mol. The van der Waals surface area contributed by atoms with E-state index in [-0.39, 0.29) is 12.5 Å². The molecule has 0 bridgehead atoms. The maximum Gasteiger partial charge on any atom is 0.508 e. The fraction of sp³-hybridized carbons (Fsp3) is 0.947. The first-order valence-corrected chi connectivity index (χ1v) is 9.96. The molecule has 2 fully saturated rings. The monoisotopic (exact) mass is 372 g/mol. The molecule has 0 aromatic rings. The van der Waals surface area contributed by atoms with Crippen molar-refractivity contribution in [3.8, 4) is 0 Å². The highest BCUT2D eigenvalue weighted by Crippen LogP contribution is 2.18. The summed E-state index contributed by atoms with van der Waals surface area (Å²) in [6.45, 7) is 14.1. The Morgan fingerprint density at radius 1 is 0.885 bits per heavy atom. The van der Waals surface area contributed by atoms with Gasteiger partial charge in [-0.25, -0.2) is 4.79 Å². The van der Waals surface area contributed by atoms with E-state index in [4.69, 9.17) is 18.9 Å². The first-order chi connectivity index (χ1) is 12.5. The van der Waals surface area contributed by atoms with Crippen LogP contribution in [0.2, 0.25) is 0 Å². The Balaban J connectivity index is 1.56. The van der Waals surface area contributed by atoms with Crippen LogP contribution in [-0.4, -0.2) is 81.0 Å². The van der Waals surface area contributed by atoms with Crippen molar-refractivity contribution in [3.63, 3.8) is 0 Å². The van der Waals surface area contributed by atoms with Crippen LogP contribution < -0.4 is 0 Å². The zero-order valence-electron chi connectivity index (χ0n) is 16.8. The van der Waals surface area contributed by atoms with Gasteiger partial charge in [0.1, 0.15) is 25.7 Å².